The van der Waals surface area contributed by atoms with Crippen LogP contribution in [0.25, 0.3) is 11.1 Å². The van der Waals surface area contributed by atoms with E-state index in [0.29, 0.717) is 47.0 Å². The molecule has 0 bridgehead atoms. The van der Waals surface area contributed by atoms with E-state index in [1.54, 1.807) is 22.4 Å². The van der Waals surface area contributed by atoms with Crippen LogP contribution in [0, 0.1) is 0 Å². The Morgan fingerprint density at radius 1 is 1.33 bits per heavy atom. The fourth-order valence-corrected chi connectivity index (χ4v) is 6.07. The number of nitrogens with one attached hydrogen (secondary N) is 1. The molecule has 13 heteroatoms. The van der Waals surface area contributed by atoms with Gasteiger partial charge in [-0.2, -0.15) is 5.10 Å². The Bertz CT molecular complexity index is 1420. The summed E-state index contributed by atoms with van der Waals surface area (Å²) < 4.78 is 8.18. The Morgan fingerprint density at radius 3 is 2.90 bits per heavy atom. The molecule has 3 aromatic heterocycles. The molecule has 3 N–H and O–H groups in total. The second-order valence-electron chi connectivity index (χ2n) is 10.1. The zero-order valence-corrected chi connectivity index (χ0v) is 23.9. The summed E-state index contributed by atoms with van der Waals surface area (Å²) in [6.07, 6.45) is 5.23. The average Bonchev–Trinajstić information content (AvgIpc) is 3.61. The standard InChI is InChI=1S/C26H33ClN8O3S/c1-16(36)33-8-6-17(13-33)19-11-20(23-25(28)29-15-30-35(19)23)34-7-4-5-18(14-34)31-26(37)24-21(12-22(27)39-24)38-10-9-32(2)3/h6,11-12,15,18H,4-5,7-10,13-14H2,1-3H3,(H,31,37)(H2,28,29,30)/t18-/m1/s1. The molecule has 0 spiro atoms. The second-order valence-corrected chi connectivity index (χ2v) is 11.8. The maximum atomic E-state index is 13.3. The van der Waals surface area contributed by atoms with Gasteiger partial charge in [-0.1, -0.05) is 17.7 Å². The third-order valence-corrected chi connectivity index (χ3v) is 8.27. The fourth-order valence-electron chi connectivity index (χ4n) is 5.01. The van der Waals surface area contributed by atoms with E-state index in [4.69, 9.17) is 22.1 Å². The average molecular weight is 573 g/mol. The highest BCUT2D eigenvalue weighted by molar-refractivity contribution is 7.18. The van der Waals surface area contributed by atoms with Crippen molar-refractivity contribution in [2.45, 2.75) is 25.8 Å². The number of likely N-dealkylation sites (N-methyl/N-ethyl adjacent to an activating group) is 1. The molecule has 2 amide bonds. The minimum Gasteiger partial charge on any atom is -0.490 e. The first-order valence-electron chi connectivity index (χ1n) is 12.9. The number of ether oxygens (including phenoxy) is 1. The molecule has 0 unspecified atom stereocenters. The lowest BCUT2D eigenvalue weighted by Crippen LogP contribution is -2.47. The number of anilines is 2. The smallest absolute Gasteiger partial charge is 0.265 e. The number of nitrogen functional groups attached to an aromatic ring is 1. The van der Waals surface area contributed by atoms with Gasteiger partial charge in [0.15, 0.2) is 5.82 Å². The Balaban J connectivity index is 1.34. The number of aromatic nitrogens is 3. The SMILES string of the molecule is CC(=O)N1CC=C(c2cc(N3CCC[C@@H](NC(=O)c4sc(Cl)cc4OCCN(C)C)C3)c3c(N)ncnn23)C1. The number of nitrogens with two attached hydrogens (primary N) is 1. The summed E-state index contributed by atoms with van der Waals surface area (Å²) >= 11 is 7.46. The van der Waals surface area contributed by atoms with Crippen LogP contribution in [0.2, 0.25) is 4.34 Å². The number of fused-ring (bicyclic) bond motifs is 1. The van der Waals surface area contributed by atoms with Crippen LogP contribution in [0.15, 0.2) is 24.5 Å². The lowest BCUT2D eigenvalue weighted by Gasteiger charge is -2.34. The number of halogens is 1. The summed E-state index contributed by atoms with van der Waals surface area (Å²) in [6.45, 7) is 5.27. The van der Waals surface area contributed by atoms with Gasteiger partial charge in [0.1, 0.15) is 29.1 Å². The summed E-state index contributed by atoms with van der Waals surface area (Å²) in [5, 5.41) is 7.67. The van der Waals surface area contributed by atoms with Gasteiger partial charge in [0, 0.05) is 51.8 Å². The first-order valence-corrected chi connectivity index (χ1v) is 14.1. The van der Waals surface area contributed by atoms with Crippen LogP contribution in [0.5, 0.6) is 5.75 Å². The monoisotopic (exact) mass is 572 g/mol. The summed E-state index contributed by atoms with van der Waals surface area (Å²) in [7, 11) is 3.93. The Kier molecular flexibility index (Phi) is 7.96. The van der Waals surface area contributed by atoms with Crippen LogP contribution < -0.4 is 20.7 Å². The van der Waals surface area contributed by atoms with E-state index in [1.165, 1.54) is 17.7 Å². The van der Waals surface area contributed by atoms with E-state index >= 15 is 0 Å². The van der Waals surface area contributed by atoms with Crippen molar-refractivity contribution in [2.75, 3.05) is 64.1 Å². The molecular weight excluding hydrogens is 540 g/mol. The van der Waals surface area contributed by atoms with Crippen LogP contribution in [-0.2, 0) is 4.79 Å². The predicted molar refractivity (Wildman–Crippen MR) is 154 cm³/mol. The quantitative estimate of drug-likeness (QED) is 0.422. The molecule has 0 aromatic carbocycles. The lowest BCUT2D eigenvalue weighted by molar-refractivity contribution is -0.127. The van der Waals surface area contributed by atoms with Crippen molar-refractivity contribution in [3.63, 3.8) is 0 Å². The Hall–Kier alpha value is -3.35. The van der Waals surface area contributed by atoms with Gasteiger partial charge in [-0.25, -0.2) is 9.50 Å². The number of amides is 2. The van der Waals surface area contributed by atoms with Crippen LogP contribution >= 0.6 is 22.9 Å². The van der Waals surface area contributed by atoms with Crippen molar-refractivity contribution in [2.24, 2.45) is 0 Å². The van der Waals surface area contributed by atoms with Crippen molar-refractivity contribution in [3.8, 4) is 5.75 Å². The topological polar surface area (TPSA) is 121 Å². The van der Waals surface area contributed by atoms with Gasteiger partial charge in [0.2, 0.25) is 5.91 Å². The normalized spacial score (nSPS) is 17.7. The molecule has 2 aliphatic heterocycles. The minimum atomic E-state index is -0.190. The highest BCUT2D eigenvalue weighted by atomic mass is 35.5. The molecule has 1 saturated heterocycles. The van der Waals surface area contributed by atoms with E-state index in [-0.39, 0.29) is 17.9 Å². The zero-order valence-electron chi connectivity index (χ0n) is 22.3. The molecular formula is C26H33ClN8O3S. The number of rotatable bonds is 8. The van der Waals surface area contributed by atoms with E-state index in [9.17, 15) is 9.59 Å². The van der Waals surface area contributed by atoms with Gasteiger partial charge in [-0.05, 0) is 38.6 Å². The molecule has 5 rings (SSSR count). The van der Waals surface area contributed by atoms with Crippen molar-refractivity contribution < 1.29 is 14.3 Å². The van der Waals surface area contributed by atoms with E-state index in [1.807, 2.05) is 19.0 Å². The van der Waals surface area contributed by atoms with E-state index < -0.39 is 0 Å². The Labute approximate surface area is 236 Å². The van der Waals surface area contributed by atoms with Gasteiger partial charge >= 0.3 is 0 Å². The van der Waals surface area contributed by atoms with E-state index in [0.717, 1.165) is 48.4 Å². The predicted octanol–water partition coefficient (Wildman–Crippen LogP) is 2.61. The first-order chi connectivity index (χ1) is 18.7. The summed E-state index contributed by atoms with van der Waals surface area (Å²) in [5.74, 6) is 0.732. The van der Waals surface area contributed by atoms with Crippen LogP contribution in [0.3, 0.4) is 0 Å². The molecule has 3 aromatic rings. The highest BCUT2D eigenvalue weighted by Crippen LogP contribution is 2.36. The number of nitrogens with zero attached hydrogens (tertiary/aromatic N) is 6. The fraction of sp³-hybridized carbons (Fsp3) is 0.462. The molecule has 0 saturated carbocycles. The Morgan fingerprint density at radius 2 is 2.15 bits per heavy atom. The van der Waals surface area contributed by atoms with Gasteiger partial charge in [-0.15, -0.1) is 11.3 Å². The molecule has 39 heavy (non-hydrogen) atoms. The number of thiophene rings is 1. The number of hydrogen-bond acceptors (Lipinski definition) is 9. The molecule has 5 heterocycles. The first kappa shape index (κ1) is 27.2. The van der Waals surface area contributed by atoms with Crippen LogP contribution in [-0.4, -0.2) is 95.7 Å². The van der Waals surface area contributed by atoms with Crippen molar-refractivity contribution in [1.82, 2.24) is 29.7 Å². The molecule has 2 aliphatic rings. The molecule has 208 valence electrons. The number of piperidine rings is 1. The summed E-state index contributed by atoms with van der Waals surface area (Å²) in [4.78, 5) is 35.9. The molecule has 11 nitrogen and oxygen atoms in total. The third-order valence-electron chi connectivity index (χ3n) is 7.02. The molecule has 1 fully saturated rings. The molecule has 0 aliphatic carbocycles. The maximum Gasteiger partial charge on any atom is 0.265 e. The van der Waals surface area contributed by atoms with E-state index in [2.05, 4.69) is 32.4 Å². The maximum absolute atomic E-state index is 13.3. The highest BCUT2D eigenvalue weighted by Gasteiger charge is 2.29. The number of hydrogen-bond donors (Lipinski definition) is 2. The third kappa shape index (κ3) is 5.82. The number of carbonyl (C=O) groups is 2. The van der Waals surface area contributed by atoms with Gasteiger partial charge in [-0.3, -0.25) is 9.59 Å². The van der Waals surface area contributed by atoms with Crippen molar-refractivity contribution in [1.29, 1.82) is 0 Å². The molecule has 0 radical (unpaired) electrons. The largest absolute Gasteiger partial charge is 0.490 e. The van der Waals surface area contributed by atoms with Crippen molar-refractivity contribution in [3.05, 3.63) is 39.4 Å². The summed E-state index contributed by atoms with van der Waals surface area (Å²) in [5.41, 5.74) is 9.88. The second kappa shape index (κ2) is 11.4. The van der Waals surface area contributed by atoms with Crippen molar-refractivity contribution >= 4 is 57.3 Å². The minimum absolute atomic E-state index is 0.0318. The van der Waals surface area contributed by atoms with Gasteiger partial charge in [0.25, 0.3) is 5.91 Å². The molecule has 1 atom stereocenters. The van der Waals surface area contributed by atoms with Crippen LogP contribution in [0.4, 0.5) is 11.5 Å². The zero-order chi connectivity index (χ0) is 27.7. The van der Waals surface area contributed by atoms with Gasteiger partial charge in [0.05, 0.1) is 15.7 Å². The number of carbonyl (C=O) groups excluding carboxylic acids is 2. The van der Waals surface area contributed by atoms with Gasteiger partial charge < -0.3 is 30.5 Å². The van der Waals surface area contributed by atoms with Crippen LogP contribution in [0.1, 0.15) is 35.1 Å². The summed E-state index contributed by atoms with van der Waals surface area (Å²) in [6, 6.07) is 3.69. The lowest BCUT2D eigenvalue weighted by atomic mass is 10.0.